The third-order valence-electron chi connectivity index (χ3n) is 3.98. The van der Waals surface area contributed by atoms with E-state index in [1.165, 1.54) is 24.3 Å². The lowest BCUT2D eigenvalue weighted by molar-refractivity contribution is 0.102. The molecule has 0 aliphatic heterocycles. The van der Waals surface area contributed by atoms with Gasteiger partial charge in [0, 0.05) is 16.9 Å². The van der Waals surface area contributed by atoms with Crippen LogP contribution in [0.1, 0.15) is 38.1 Å². The van der Waals surface area contributed by atoms with Crippen LogP contribution in [0.3, 0.4) is 0 Å². The van der Waals surface area contributed by atoms with Crippen molar-refractivity contribution in [2.75, 3.05) is 17.2 Å². The average molecular weight is 419 g/mol. The number of anilines is 2. The zero-order chi connectivity index (χ0) is 21.6. The Morgan fingerprint density at radius 3 is 2.07 bits per heavy atom. The van der Waals surface area contributed by atoms with Crippen molar-refractivity contribution in [3.8, 4) is 0 Å². The van der Waals surface area contributed by atoms with Crippen molar-refractivity contribution in [1.82, 2.24) is 0 Å². The Kier molecular flexibility index (Phi) is 7.39. The summed E-state index contributed by atoms with van der Waals surface area (Å²) in [5.74, 6) is -0.161. The first-order valence-electron chi connectivity index (χ1n) is 9.28. The number of sulfone groups is 1. The third-order valence-corrected chi connectivity index (χ3v) is 6.15. The summed E-state index contributed by atoms with van der Waals surface area (Å²) in [5.41, 5.74) is 1.29. The van der Waals surface area contributed by atoms with Gasteiger partial charge in [-0.1, -0.05) is 19.9 Å². The summed E-state index contributed by atoms with van der Waals surface area (Å²) < 4.78 is 29.4. The van der Waals surface area contributed by atoms with E-state index in [4.69, 9.17) is 4.74 Å². The van der Waals surface area contributed by atoms with Gasteiger partial charge in [0.15, 0.2) is 9.84 Å². The average Bonchev–Trinajstić information content (AvgIpc) is 2.66. The quantitative estimate of drug-likeness (QED) is 0.697. The molecule has 8 heteroatoms. The van der Waals surface area contributed by atoms with Crippen LogP contribution in [0.15, 0.2) is 53.4 Å². The van der Waals surface area contributed by atoms with Crippen LogP contribution < -0.4 is 10.6 Å². The topological polar surface area (TPSA) is 102 Å². The van der Waals surface area contributed by atoms with Crippen molar-refractivity contribution in [2.24, 2.45) is 5.92 Å². The van der Waals surface area contributed by atoms with Gasteiger partial charge in [0.05, 0.1) is 16.8 Å². The molecule has 2 aromatic carbocycles. The molecule has 2 N–H and O–H groups in total. The lowest BCUT2D eigenvalue weighted by atomic mass is 10.2. The minimum Gasteiger partial charge on any atom is -0.449 e. The molecule has 0 fully saturated rings. The molecular formula is C21H26N2O5S. The third kappa shape index (κ3) is 6.32. The molecule has 2 aromatic rings. The van der Waals surface area contributed by atoms with Crippen LogP contribution in [0.2, 0.25) is 0 Å². The van der Waals surface area contributed by atoms with Crippen molar-refractivity contribution in [3.63, 3.8) is 0 Å². The van der Waals surface area contributed by atoms with Crippen LogP contribution in [0, 0.1) is 5.92 Å². The first-order valence-corrected chi connectivity index (χ1v) is 10.8. The summed E-state index contributed by atoms with van der Waals surface area (Å²) >= 11 is 0. The molecule has 0 aromatic heterocycles. The molecule has 0 saturated carbocycles. The van der Waals surface area contributed by atoms with E-state index in [0.29, 0.717) is 23.5 Å². The summed E-state index contributed by atoms with van der Waals surface area (Å²) in [4.78, 5) is 24.4. The number of rotatable bonds is 7. The fourth-order valence-corrected chi connectivity index (χ4v) is 3.40. The van der Waals surface area contributed by atoms with E-state index in [1.807, 2.05) is 13.8 Å². The Morgan fingerprint density at radius 1 is 0.931 bits per heavy atom. The van der Waals surface area contributed by atoms with Crippen LogP contribution in [0.25, 0.3) is 0 Å². The van der Waals surface area contributed by atoms with E-state index in [-0.39, 0.29) is 10.8 Å². The molecule has 0 heterocycles. The van der Waals surface area contributed by atoms with E-state index in [2.05, 4.69) is 10.6 Å². The van der Waals surface area contributed by atoms with Crippen LogP contribution in [0.4, 0.5) is 16.2 Å². The van der Waals surface area contributed by atoms with Crippen LogP contribution in [0.5, 0.6) is 0 Å². The molecule has 0 aliphatic rings. The van der Waals surface area contributed by atoms with Gasteiger partial charge >= 0.3 is 6.09 Å². The van der Waals surface area contributed by atoms with Crippen LogP contribution in [-0.4, -0.2) is 32.3 Å². The first-order chi connectivity index (χ1) is 13.6. The molecule has 0 spiro atoms. The van der Waals surface area contributed by atoms with Crippen molar-refractivity contribution < 1.29 is 22.7 Å². The summed E-state index contributed by atoms with van der Waals surface area (Å²) in [6, 6.07) is 12.4. The maximum atomic E-state index is 12.4. The summed E-state index contributed by atoms with van der Waals surface area (Å²) in [7, 11) is -3.39. The minimum atomic E-state index is -3.39. The van der Waals surface area contributed by atoms with Gasteiger partial charge in [0.2, 0.25) is 0 Å². The van der Waals surface area contributed by atoms with E-state index in [0.717, 1.165) is 0 Å². The molecule has 0 bridgehead atoms. The largest absolute Gasteiger partial charge is 0.449 e. The Bertz CT molecular complexity index is 967. The molecule has 29 heavy (non-hydrogen) atoms. The molecule has 0 unspecified atom stereocenters. The van der Waals surface area contributed by atoms with Gasteiger partial charge in [0.25, 0.3) is 5.91 Å². The van der Waals surface area contributed by atoms with Gasteiger partial charge in [0.1, 0.15) is 0 Å². The molecule has 0 atom stereocenters. The fraction of sp³-hybridized carbons (Fsp3) is 0.333. The standard InChI is InChI=1S/C21H26N2O5S/c1-14(2)13-28-21(25)23-18-7-5-6-17(12-18)22-20(24)16-8-10-19(11-9-16)29(26,27)15(3)4/h5-12,14-15H,13H2,1-4H3,(H,22,24)(H,23,25). The van der Waals surface area contributed by atoms with E-state index < -0.39 is 27.1 Å². The SMILES string of the molecule is CC(C)COC(=O)Nc1cccc(NC(=O)c2ccc(S(=O)(=O)C(C)C)cc2)c1. The Morgan fingerprint density at radius 2 is 1.52 bits per heavy atom. The highest BCUT2D eigenvalue weighted by atomic mass is 32.2. The normalized spacial score (nSPS) is 11.4. The van der Waals surface area contributed by atoms with Gasteiger partial charge in [-0.15, -0.1) is 0 Å². The van der Waals surface area contributed by atoms with Crippen molar-refractivity contribution in [1.29, 1.82) is 0 Å². The Balaban J connectivity index is 2.05. The zero-order valence-electron chi connectivity index (χ0n) is 16.9. The number of benzene rings is 2. The Labute approximate surface area is 171 Å². The number of carbonyl (C=O) groups excluding carboxylic acids is 2. The lowest BCUT2D eigenvalue weighted by Crippen LogP contribution is -2.17. The molecule has 7 nitrogen and oxygen atoms in total. The van der Waals surface area contributed by atoms with Crippen LogP contribution in [-0.2, 0) is 14.6 Å². The second-order valence-electron chi connectivity index (χ2n) is 7.27. The first kappa shape index (κ1) is 22.4. The predicted octanol–water partition coefficient (Wildman–Crippen LogP) is 4.33. The number of carbonyl (C=O) groups is 2. The number of amides is 2. The molecule has 0 radical (unpaired) electrons. The molecule has 2 amide bonds. The van der Waals surface area contributed by atoms with E-state index in [9.17, 15) is 18.0 Å². The number of ether oxygens (including phenoxy) is 1. The number of nitrogens with one attached hydrogen (secondary N) is 2. The summed E-state index contributed by atoms with van der Waals surface area (Å²) in [5, 5.41) is 4.79. The molecule has 2 rings (SSSR count). The highest BCUT2D eigenvalue weighted by Gasteiger charge is 2.19. The molecule has 156 valence electrons. The minimum absolute atomic E-state index is 0.176. The van der Waals surface area contributed by atoms with Crippen LogP contribution >= 0.6 is 0 Å². The molecule has 0 aliphatic carbocycles. The van der Waals surface area contributed by atoms with Gasteiger partial charge in [-0.05, 0) is 62.2 Å². The maximum Gasteiger partial charge on any atom is 0.411 e. The smallest absolute Gasteiger partial charge is 0.411 e. The molecular weight excluding hydrogens is 392 g/mol. The van der Waals surface area contributed by atoms with Crippen molar-refractivity contribution in [2.45, 2.75) is 37.8 Å². The second kappa shape index (κ2) is 9.56. The summed E-state index contributed by atoms with van der Waals surface area (Å²) in [6.07, 6.45) is -0.566. The molecule has 0 saturated heterocycles. The zero-order valence-corrected chi connectivity index (χ0v) is 17.7. The number of hydrogen-bond donors (Lipinski definition) is 2. The predicted molar refractivity (Wildman–Crippen MR) is 113 cm³/mol. The number of hydrogen-bond acceptors (Lipinski definition) is 5. The highest BCUT2D eigenvalue weighted by Crippen LogP contribution is 2.19. The Hall–Kier alpha value is -2.87. The van der Waals surface area contributed by atoms with Gasteiger partial charge in [-0.25, -0.2) is 13.2 Å². The lowest BCUT2D eigenvalue weighted by Gasteiger charge is -2.11. The second-order valence-corrected chi connectivity index (χ2v) is 9.77. The van der Waals surface area contributed by atoms with Crippen molar-refractivity contribution >= 4 is 33.2 Å². The van der Waals surface area contributed by atoms with Gasteiger partial charge < -0.3 is 10.1 Å². The highest BCUT2D eigenvalue weighted by molar-refractivity contribution is 7.92. The summed E-state index contributed by atoms with van der Waals surface area (Å²) in [6.45, 7) is 7.40. The van der Waals surface area contributed by atoms with E-state index >= 15 is 0 Å². The maximum absolute atomic E-state index is 12.4. The monoisotopic (exact) mass is 418 g/mol. The van der Waals surface area contributed by atoms with Gasteiger partial charge in [-0.3, -0.25) is 10.1 Å². The van der Waals surface area contributed by atoms with Crippen molar-refractivity contribution in [3.05, 3.63) is 54.1 Å². The van der Waals surface area contributed by atoms with E-state index in [1.54, 1.807) is 38.1 Å². The van der Waals surface area contributed by atoms with Gasteiger partial charge in [-0.2, -0.15) is 0 Å². The fourth-order valence-electron chi connectivity index (χ4n) is 2.34.